The Bertz CT molecular complexity index is 405. The molecule has 0 aliphatic carbocycles. The number of nitrogens with two attached hydrogens (primary N) is 1. The van der Waals surface area contributed by atoms with Crippen LogP contribution < -0.4 is 15.8 Å². The van der Waals surface area contributed by atoms with E-state index < -0.39 is 0 Å². The van der Waals surface area contributed by atoms with E-state index in [1.54, 1.807) is 7.05 Å². The van der Waals surface area contributed by atoms with Gasteiger partial charge in [-0.3, -0.25) is 0 Å². The van der Waals surface area contributed by atoms with Gasteiger partial charge in [0, 0.05) is 7.05 Å². The number of rotatable bonds is 4. The number of nitrogens with zero attached hydrogens (tertiary/aromatic N) is 1. The summed E-state index contributed by atoms with van der Waals surface area (Å²) >= 11 is 5.99. The number of aromatic nitrogens is 1. The van der Waals surface area contributed by atoms with Gasteiger partial charge in [-0.2, -0.15) is 0 Å². The molecule has 0 aromatic carbocycles. The van der Waals surface area contributed by atoms with Crippen molar-refractivity contribution in [3.05, 3.63) is 23.6 Å². The van der Waals surface area contributed by atoms with Gasteiger partial charge in [0.2, 0.25) is 0 Å². The molecule has 0 fully saturated rings. The molecule has 0 aliphatic heterocycles. The molecule has 6 heteroatoms. The quantitative estimate of drug-likeness (QED) is 0.541. The second-order valence-electron chi connectivity index (χ2n) is 2.66. The molecule has 0 saturated carbocycles. The molecule has 4 N–H and O–H groups in total. The highest BCUT2D eigenvalue weighted by molar-refractivity contribution is 6.35. The Morgan fingerprint density at radius 3 is 3.00 bits per heavy atom. The van der Waals surface area contributed by atoms with E-state index in [1.807, 2.05) is 0 Å². The van der Waals surface area contributed by atoms with E-state index in [1.165, 1.54) is 6.20 Å². The van der Waals surface area contributed by atoms with Gasteiger partial charge in [0.1, 0.15) is 16.6 Å². The highest BCUT2D eigenvalue weighted by Crippen LogP contribution is 2.35. The van der Waals surface area contributed by atoms with Crippen molar-refractivity contribution < 1.29 is 4.74 Å². The Balaban J connectivity index is 3.10. The third kappa shape index (κ3) is 2.38. The van der Waals surface area contributed by atoms with Gasteiger partial charge in [-0.05, 0) is 0 Å². The predicted molar refractivity (Wildman–Crippen MR) is 61.8 cm³/mol. The molecule has 1 heterocycles. The third-order valence-corrected chi connectivity index (χ3v) is 2.04. The second kappa shape index (κ2) is 4.65. The summed E-state index contributed by atoms with van der Waals surface area (Å²) in [4.78, 5) is 3.89. The van der Waals surface area contributed by atoms with Gasteiger partial charge in [0.05, 0.1) is 18.1 Å². The molecule has 0 atom stereocenters. The zero-order valence-corrected chi connectivity index (χ0v) is 8.93. The first-order valence-corrected chi connectivity index (χ1v) is 4.47. The molecule has 0 bridgehead atoms. The molecule has 1 aromatic rings. The lowest BCUT2D eigenvalue weighted by Gasteiger charge is -2.11. The van der Waals surface area contributed by atoms with Crippen molar-refractivity contribution >= 4 is 29.3 Å². The molecule has 0 radical (unpaired) electrons. The Morgan fingerprint density at radius 1 is 1.80 bits per heavy atom. The first-order valence-electron chi connectivity index (χ1n) is 4.09. The van der Waals surface area contributed by atoms with E-state index >= 15 is 0 Å². The van der Waals surface area contributed by atoms with Crippen molar-refractivity contribution in [2.24, 2.45) is 0 Å². The average molecular weight is 227 g/mol. The fourth-order valence-corrected chi connectivity index (χ4v) is 1.24. The fourth-order valence-electron chi connectivity index (χ4n) is 0.965. The number of halogens is 1. The molecule has 80 valence electrons. The number of anilines is 2. The second-order valence-corrected chi connectivity index (χ2v) is 3.04. The monoisotopic (exact) mass is 226 g/mol. The van der Waals surface area contributed by atoms with Gasteiger partial charge >= 0.3 is 0 Å². The largest absolute Gasteiger partial charge is 0.453 e. The number of allylic oxidation sites excluding steroid dienone is 1. The summed E-state index contributed by atoms with van der Waals surface area (Å²) in [5.74, 6) is 0.768. The third-order valence-electron chi connectivity index (χ3n) is 1.66. The summed E-state index contributed by atoms with van der Waals surface area (Å²) in [5.41, 5.74) is 6.08. The number of pyridine rings is 1. The van der Waals surface area contributed by atoms with Gasteiger partial charge in [0.25, 0.3) is 0 Å². The molecule has 15 heavy (non-hydrogen) atoms. The van der Waals surface area contributed by atoms with E-state index in [4.69, 9.17) is 27.5 Å². The van der Waals surface area contributed by atoms with Gasteiger partial charge in [-0.1, -0.05) is 18.2 Å². The maximum Gasteiger partial charge on any atom is 0.166 e. The minimum Gasteiger partial charge on any atom is -0.453 e. The normalized spacial score (nSPS) is 9.47. The lowest BCUT2D eigenvalue weighted by atomic mass is 10.3. The minimum absolute atomic E-state index is 0.172. The zero-order chi connectivity index (χ0) is 11.4. The molecule has 1 rings (SSSR count). The van der Waals surface area contributed by atoms with Crippen molar-refractivity contribution in [1.29, 1.82) is 5.41 Å². The van der Waals surface area contributed by atoms with E-state index in [0.717, 1.165) is 6.21 Å². The van der Waals surface area contributed by atoms with Crippen molar-refractivity contribution in [1.82, 2.24) is 4.98 Å². The number of hydrogen-bond acceptors (Lipinski definition) is 5. The van der Waals surface area contributed by atoms with E-state index in [2.05, 4.69) is 16.9 Å². The van der Waals surface area contributed by atoms with Crippen LogP contribution in [0.5, 0.6) is 5.75 Å². The Labute approximate surface area is 92.4 Å². The highest BCUT2D eigenvalue weighted by atomic mass is 35.5. The molecular formula is C9H11ClN4O. The smallest absolute Gasteiger partial charge is 0.166 e. The average Bonchev–Trinajstić information content (AvgIpc) is 2.23. The summed E-state index contributed by atoms with van der Waals surface area (Å²) < 4.78 is 5.16. The summed E-state index contributed by atoms with van der Waals surface area (Å²) in [6.45, 7) is 3.48. The number of hydrogen-bond donors (Lipinski definition) is 3. The van der Waals surface area contributed by atoms with Crippen LogP contribution in [0.25, 0.3) is 0 Å². The Kier molecular flexibility index (Phi) is 3.51. The van der Waals surface area contributed by atoms with Crippen LogP contribution in [-0.2, 0) is 0 Å². The van der Waals surface area contributed by atoms with Gasteiger partial charge < -0.3 is 21.2 Å². The first-order chi connectivity index (χ1) is 7.10. The summed E-state index contributed by atoms with van der Waals surface area (Å²) in [6.07, 6.45) is 2.36. The highest BCUT2D eigenvalue weighted by Gasteiger charge is 2.11. The topological polar surface area (TPSA) is 84.0 Å². The maximum absolute atomic E-state index is 6.92. The van der Waals surface area contributed by atoms with Crippen LogP contribution in [0.2, 0.25) is 5.02 Å². The summed E-state index contributed by atoms with van der Waals surface area (Å²) in [6, 6.07) is 0. The summed E-state index contributed by atoms with van der Waals surface area (Å²) in [7, 11) is 1.68. The van der Waals surface area contributed by atoms with E-state index in [9.17, 15) is 0 Å². The Hall–Kier alpha value is -1.75. The number of nitrogens with one attached hydrogen (secondary N) is 2. The van der Waals surface area contributed by atoms with E-state index in [-0.39, 0.29) is 11.6 Å². The van der Waals surface area contributed by atoms with Crippen LogP contribution in [0, 0.1) is 5.41 Å². The van der Waals surface area contributed by atoms with Crippen molar-refractivity contribution in [2.45, 2.75) is 0 Å². The van der Waals surface area contributed by atoms with Gasteiger partial charge in [-0.15, -0.1) is 0 Å². The van der Waals surface area contributed by atoms with Crippen molar-refractivity contribution in [2.75, 3.05) is 18.1 Å². The van der Waals surface area contributed by atoms with Crippen LogP contribution in [0.3, 0.4) is 0 Å². The van der Waals surface area contributed by atoms with Crippen LogP contribution in [0.1, 0.15) is 0 Å². The molecule has 0 aliphatic rings. The molecule has 0 unspecified atom stereocenters. The molecule has 5 nitrogen and oxygen atoms in total. The van der Waals surface area contributed by atoms with Crippen LogP contribution in [-0.4, -0.2) is 18.2 Å². The van der Waals surface area contributed by atoms with E-state index in [0.29, 0.717) is 16.5 Å². The lowest BCUT2D eigenvalue weighted by molar-refractivity contribution is 0.457. The van der Waals surface area contributed by atoms with Crippen LogP contribution in [0.4, 0.5) is 11.5 Å². The Morgan fingerprint density at radius 2 is 2.47 bits per heavy atom. The zero-order valence-electron chi connectivity index (χ0n) is 8.17. The van der Waals surface area contributed by atoms with Crippen LogP contribution >= 0.6 is 11.6 Å². The number of nitrogen functional groups attached to an aromatic ring is 1. The standard InChI is InChI=1S/C9H11ClN4O/c1-5(3-11)15-6-4-14-9(12)8(13-2)7(6)10/h3-4,11,13H,1H2,2H3,(H2,12,14). The fraction of sp³-hybridized carbons (Fsp3) is 0.111. The SMILES string of the molecule is C=C(C=N)Oc1cnc(N)c(NC)c1Cl. The molecule has 0 saturated heterocycles. The van der Waals surface area contributed by atoms with Crippen molar-refractivity contribution in [3.8, 4) is 5.75 Å². The molecule has 1 aromatic heterocycles. The van der Waals surface area contributed by atoms with Gasteiger partial charge in [0.15, 0.2) is 5.75 Å². The molecule has 0 spiro atoms. The lowest BCUT2D eigenvalue weighted by Crippen LogP contribution is -2.02. The van der Waals surface area contributed by atoms with Crippen LogP contribution in [0.15, 0.2) is 18.5 Å². The maximum atomic E-state index is 6.92. The van der Waals surface area contributed by atoms with Gasteiger partial charge in [-0.25, -0.2) is 4.98 Å². The first kappa shape index (κ1) is 11.3. The molecular weight excluding hydrogens is 216 g/mol. The molecule has 0 amide bonds. The predicted octanol–water partition coefficient (Wildman–Crippen LogP) is 1.90. The number of ether oxygens (including phenoxy) is 1. The van der Waals surface area contributed by atoms with Crippen molar-refractivity contribution in [3.63, 3.8) is 0 Å². The minimum atomic E-state index is 0.172. The summed E-state index contributed by atoms with van der Waals surface area (Å²) in [5, 5.41) is 10.0.